The summed E-state index contributed by atoms with van der Waals surface area (Å²) in [5.41, 5.74) is 2.02. The van der Waals surface area contributed by atoms with E-state index >= 15 is 0 Å². The van der Waals surface area contributed by atoms with Crippen molar-refractivity contribution in [3.63, 3.8) is 0 Å². The van der Waals surface area contributed by atoms with Crippen LogP contribution in [-0.4, -0.2) is 36.5 Å². The van der Waals surface area contributed by atoms with E-state index < -0.39 is 0 Å². The van der Waals surface area contributed by atoms with Gasteiger partial charge in [-0.1, -0.05) is 25.1 Å². The molecule has 2 aromatic rings. The molecule has 0 atom stereocenters. The van der Waals surface area contributed by atoms with Crippen molar-refractivity contribution in [3.8, 4) is 0 Å². The lowest BCUT2D eigenvalue weighted by molar-refractivity contribution is -0.115. The average molecular weight is 313 g/mol. The Labute approximate surface area is 137 Å². The molecule has 0 bridgehead atoms. The van der Waals surface area contributed by atoms with Gasteiger partial charge in [-0.2, -0.15) is 0 Å². The van der Waals surface area contributed by atoms with Crippen molar-refractivity contribution in [1.29, 1.82) is 0 Å². The minimum absolute atomic E-state index is 0.0197. The number of aromatic nitrogens is 2. The van der Waals surface area contributed by atoms with Gasteiger partial charge in [0.05, 0.1) is 0 Å². The van der Waals surface area contributed by atoms with Gasteiger partial charge in [0.25, 0.3) is 0 Å². The number of benzene rings is 1. The molecule has 0 radical (unpaired) electrons. The number of carbonyl (C=O) groups excluding carboxylic acids is 1. The Morgan fingerprint density at radius 2 is 1.91 bits per heavy atom. The summed E-state index contributed by atoms with van der Waals surface area (Å²) in [5.74, 6) is 1.41. The van der Waals surface area contributed by atoms with E-state index in [1.54, 1.807) is 12.4 Å². The summed E-state index contributed by atoms with van der Waals surface area (Å²) in [6.45, 7) is 2.57. The van der Waals surface area contributed by atoms with E-state index in [9.17, 15) is 4.79 Å². The Morgan fingerprint density at radius 1 is 1.17 bits per heavy atom. The van der Waals surface area contributed by atoms with Gasteiger partial charge in [-0.3, -0.25) is 4.79 Å². The van der Waals surface area contributed by atoms with Gasteiger partial charge in [0.15, 0.2) is 11.6 Å². The normalized spacial score (nSPS) is 10.2. The number of hydrogen-bond acceptors (Lipinski definition) is 5. The van der Waals surface area contributed by atoms with Gasteiger partial charge in [-0.25, -0.2) is 9.97 Å². The van der Waals surface area contributed by atoms with Crippen LogP contribution in [-0.2, 0) is 11.2 Å². The first-order valence-electron chi connectivity index (χ1n) is 7.71. The second-order valence-electron chi connectivity index (χ2n) is 5.36. The molecule has 0 aliphatic rings. The number of nitrogens with one attached hydrogen (secondary N) is 2. The van der Waals surface area contributed by atoms with Gasteiger partial charge in [0.2, 0.25) is 5.91 Å². The van der Waals surface area contributed by atoms with Crippen LogP contribution in [0, 0.1) is 0 Å². The highest BCUT2D eigenvalue weighted by Gasteiger charge is 2.08. The smallest absolute Gasteiger partial charge is 0.226 e. The summed E-state index contributed by atoms with van der Waals surface area (Å²) >= 11 is 0. The van der Waals surface area contributed by atoms with Crippen molar-refractivity contribution in [2.24, 2.45) is 0 Å². The third kappa shape index (κ3) is 4.67. The molecule has 0 aliphatic carbocycles. The molecule has 2 N–H and O–H groups in total. The van der Waals surface area contributed by atoms with Crippen LogP contribution in [0.15, 0.2) is 36.7 Å². The fraction of sp³-hybridized carbons (Fsp3) is 0.353. The minimum atomic E-state index is -0.0197. The van der Waals surface area contributed by atoms with E-state index in [0.29, 0.717) is 18.8 Å². The molecule has 6 nitrogen and oxygen atoms in total. The third-order valence-electron chi connectivity index (χ3n) is 3.42. The van der Waals surface area contributed by atoms with Gasteiger partial charge in [0.1, 0.15) is 0 Å². The molecule has 0 spiro atoms. The van der Waals surface area contributed by atoms with Crippen LogP contribution in [0.1, 0.15) is 18.9 Å². The van der Waals surface area contributed by atoms with E-state index in [1.165, 1.54) is 0 Å². The van der Waals surface area contributed by atoms with Crippen molar-refractivity contribution in [1.82, 2.24) is 9.97 Å². The first kappa shape index (κ1) is 16.7. The lowest BCUT2D eigenvalue weighted by Gasteiger charge is -2.15. The summed E-state index contributed by atoms with van der Waals surface area (Å²) < 4.78 is 0. The molecule has 2 rings (SSSR count). The molecule has 6 heteroatoms. The van der Waals surface area contributed by atoms with Gasteiger partial charge < -0.3 is 15.5 Å². The zero-order valence-electron chi connectivity index (χ0n) is 13.8. The highest BCUT2D eigenvalue weighted by atomic mass is 16.1. The van der Waals surface area contributed by atoms with Gasteiger partial charge in [0, 0.05) is 45.1 Å². The fourth-order valence-corrected chi connectivity index (χ4v) is 2.24. The summed E-state index contributed by atoms with van der Waals surface area (Å²) in [5, 5.41) is 6.12. The van der Waals surface area contributed by atoms with Gasteiger partial charge in [-0.05, 0) is 18.1 Å². The molecule has 1 aromatic carbocycles. The SMILES string of the molecule is CCc1ccccc1NC(=O)CCNc1nccnc1N(C)C. The van der Waals surface area contributed by atoms with Crippen molar-refractivity contribution in [2.45, 2.75) is 19.8 Å². The Kier molecular flexibility index (Phi) is 5.91. The first-order valence-corrected chi connectivity index (χ1v) is 7.71. The second-order valence-corrected chi connectivity index (χ2v) is 5.36. The minimum Gasteiger partial charge on any atom is -0.366 e. The molecule has 0 unspecified atom stereocenters. The number of nitrogens with zero attached hydrogens (tertiary/aromatic N) is 3. The lowest BCUT2D eigenvalue weighted by Crippen LogP contribution is -2.19. The number of para-hydroxylation sites is 1. The Hall–Kier alpha value is -2.63. The monoisotopic (exact) mass is 313 g/mol. The van der Waals surface area contributed by atoms with Crippen molar-refractivity contribution >= 4 is 23.2 Å². The molecule has 1 heterocycles. The number of amides is 1. The molecule has 0 saturated carbocycles. The Balaban J connectivity index is 1.88. The zero-order valence-corrected chi connectivity index (χ0v) is 13.8. The number of carbonyl (C=O) groups is 1. The topological polar surface area (TPSA) is 70.1 Å². The standard InChI is InChI=1S/C17H23N5O/c1-4-13-7-5-6-8-14(13)21-15(23)9-10-18-16-17(22(2)3)20-12-11-19-16/h5-8,11-12H,4,9-10H2,1-3H3,(H,18,19)(H,21,23). The maximum absolute atomic E-state index is 12.1. The molecule has 0 aliphatic heterocycles. The van der Waals surface area contributed by atoms with Crippen LogP contribution in [0.3, 0.4) is 0 Å². The number of rotatable bonds is 7. The van der Waals surface area contributed by atoms with Crippen LogP contribution in [0.2, 0.25) is 0 Å². The summed E-state index contributed by atoms with van der Waals surface area (Å²) in [6, 6.07) is 7.86. The highest BCUT2D eigenvalue weighted by Crippen LogP contribution is 2.18. The van der Waals surface area contributed by atoms with E-state index in [-0.39, 0.29) is 5.91 Å². The van der Waals surface area contributed by atoms with Crippen LogP contribution < -0.4 is 15.5 Å². The average Bonchev–Trinajstić information content (AvgIpc) is 2.55. The van der Waals surface area contributed by atoms with Crippen LogP contribution in [0.25, 0.3) is 0 Å². The van der Waals surface area contributed by atoms with E-state index in [0.717, 1.165) is 23.5 Å². The van der Waals surface area contributed by atoms with Crippen molar-refractivity contribution < 1.29 is 4.79 Å². The molecule has 23 heavy (non-hydrogen) atoms. The quantitative estimate of drug-likeness (QED) is 0.822. The largest absolute Gasteiger partial charge is 0.366 e. The van der Waals surface area contributed by atoms with Gasteiger partial charge >= 0.3 is 0 Å². The fourth-order valence-electron chi connectivity index (χ4n) is 2.24. The zero-order chi connectivity index (χ0) is 16.7. The molecule has 122 valence electrons. The molecule has 0 saturated heterocycles. The van der Waals surface area contributed by atoms with E-state index in [1.807, 2.05) is 43.3 Å². The first-order chi connectivity index (χ1) is 11.1. The maximum atomic E-state index is 12.1. The van der Waals surface area contributed by atoms with E-state index in [4.69, 9.17) is 0 Å². The second kappa shape index (κ2) is 8.12. The number of hydrogen-bond donors (Lipinski definition) is 2. The Morgan fingerprint density at radius 3 is 2.65 bits per heavy atom. The number of aryl methyl sites for hydroxylation is 1. The lowest BCUT2D eigenvalue weighted by atomic mass is 10.1. The molecule has 0 fully saturated rings. The van der Waals surface area contributed by atoms with Gasteiger partial charge in [-0.15, -0.1) is 0 Å². The van der Waals surface area contributed by atoms with Crippen LogP contribution in [0.4, 0.5) is 17.3 Å². The number of anilines is 3. The maximum Gasteiger partial charge on any atom is 0.226 e. The van der Waals surface area contributed by atoms with Crippen molar-refractivity contribution in [2.75, 3.05) is 36.2 Å². The molecular formula is C17H23N5O. The Bertz CT molecular complexity index is 657. The summed E-state index contributed by atoms with van der Waals surface area (Å²) in [6.07, 6.45) is 4.53. The summed E-state index contributed by atoms with van der Waals surface area (Å²) in [7, 11) is 3.81. The molecule has 1 amide bonds. The van der Waals surface area contributed by atoms with Crippen LogP contribution >= 0.6 is 0 Å². The third-order valence-corrected chi connectivity index (χ3v) is 3.42. The van der Waals surface area contributed by atoms with Crippen LogP contribution in [0.5, 0.6) is 0 Å². The van der Waals surface area contributed by atoms with Crippen molar-refractivity contribution in [3.05, 3.63) is 42.2 Å². The van der Waals surface area contributed by atoms with E-state index in [2.05, 4.69) is 27.5 Å². The molecule has 1 aromatic heterocycles. The predicted molar refractivity (Wildman–Crippen MR) is 93.9 cm³/mol. The summed E-state index contributed by atoms with van der Waals surface area (Å²) in [4.78, 5) is 22.5. The molecular weight excluding hydrogens is 290 g/mol. The predicted octanol–water partition coefficient (Wildman–Crippen LogP) is 2.55. The highest BCUT2D eigenvalue weighted by molar-refractivity contribution is 5.91.